The first-order valence-corrected chi connectivity index (χ1v) is 6.45. The fourth-order valence-corrected chi connectivity index (χ4v) is 2.06. The van der Waals surface area contributed by atoms with Crippen molar-refractivity contribution in [3.05, 3.63) is 57.0 Å². The lowest BCUT2D eigenvalue weighted by molar-refractivity contribution is -0.384. The highest BCUT2D eigenvalue weighted by atomic mass is 35.5. The van der Waals surface area contributed by atoms with E-state index in [4.69, 9.17) is 16.3 Å². The Bertz CT molecular complexity index is 651. The van der Waals surface area contributed by atoms with Gasteiger partial charge in [-0.1, -0.05) is 35.9 Å². The van der Waals surface area contributed by atoms with E-state index in [1.807, 2.05) is 24.3 Å². The van der Waals surface area contributed by atoms with Crippen LogP contribution in [0.2, 0.25) is 5.15 Å². The lowest BCUT2D eigenvalue weighted by Gasteiger charge is -2.10. The first-order chi connectivity index (χ1) is 10.1. The van der Waals surface area contributed by atoms with Gasteiger partial charge in [0.25, 0.3) is 0 Å². The number of halogens is 1. The molecule has 0 aliphatic heterocycles. The van der Waals surface area contributed by atoms with Gasteiger partial charge in [0, 0.05) is 13.7 Å². The van der Waals surface area contributed by atoms with Crippen molar-refractivity contribution < 1.29 is 9.66 Å². The second-order valence-corrected chi connectivity index (χ2v) is 4.53. The Hall–Kier alpha value is -2.25. The van der Waals surface area contributed by atoms with Gasteiger partial charge in [-0.3, -0.25) is 10.1 Å². The monoisotopic (exact) mass is 308 g/mol. The van der Waals surface area contributed by atoms with Crippen molar-refractivity contribution in [3.8, 4) is 0 Å². The number of anilines is 1. The van der Waals surface area contributed by atoms with Crippen LogP contribution in [-0.2, 0) is 17.9 Å². The first kappa shape index (κ1) is 15.1. The van der Waals surface area contributed by atoms with E-state index in [9.17, 15) is 10.1 Å². The zero-order valence-corrected chi connectivity index (χ0v) is 12.0. The lowest BCUT2D eigenvalue weighted by atomic mass is 10.1. The van der Waals surface area contributed by atoms with Crippen molar-refractivity contribution in [3.63, 3.8) is 0 Å². The SMILES string of the molecule is COCc1ccccc1CNc1ncnc(Cl)c1[N+](=O)[O-]. The van der Waals surface area contributed by atoms with E-state index in [-0.39, 0.29) is 16.7 Å². The van der Waals surface area contributed by atoms with Crippen LogP contribution < -0.4 is 5.32 Å². The first-order valence-electron chi connectivity index (χ1n) is 6.08. The molecule has 2 rings (SSSR count). The molecule has 0 fully saturated rings. The normalized spacial score (nSPS) is 10.4. The molecule has 21 heavy (non-hydrogen) atoms. The number of hydrogen-bond acceptors (Lipinski definition) is 6. The van der Waals surface area contributed by atoms with Gasteiger partial charge in [0.2, 0.25) is 11.0 Å². The van der Waals surface area contributed by atoms with Crippen LogP contribution in [0.3, 0.4) is 0 Å². The molecule has 0 aliphatic rings. The molecule has 0 amide bonds. The molecule has 0 bridgehead atoms. The summed E-state index contributed by atoms with van der Waals surface area (Å²) < 4.78 is 5.12. The summed E-state index contributed by atoms with van der Waals surface area (Å²) >= 11 is 5.73. The highest BCUT2D eigenvalue weighted by molar-refractivity contribution is 6.31. The van der Waals surface area contributed by atoms with Crippen molar-refractivity contribution in [1.82, 2.24) is 9.97 Å². The third-order valence-corrected chi connectivity index (χ3v) is 3.10. The van der Waals surface area contributed by atoms with Crippen molar-refractivity contribution >= 4 is 23.1 Å². The van der Waals surface area contributed by atoms with Gasteiger partial charge in [0.1, 0.15) is 6.33 Å². The van der Waals surface area contributed by atoms with Crippen molar-refractivity contribution in [2.45, 2.75) is 13.2 Å². The zero-order chi connectivity index (χ0) is 15.2. The molecule has 0 saturated carbocycles. The number of nitro groups is 1. The number of nitrogens with one attached hydrogen (secondary N) is 1. The summed E-state index contributed by atoms with van der Waals surface area (Å²) in [6.45, 7) is 0.832. The van der Waals surface area contributed by atoms with E-state index in [2.05, 4.69) is 15.3 Å². The largest absolute Gasteiger partial charge is 0.380 e. The molecule has 0 unspecified atom stereocenters. The molecule has 1 N–H and O–H groups in total. The molecule has 0 spiro atoms. The number of ether oxygens (including phenoxy) is 1. The van der Waals surface area contributed by atoms with E-state index in [0.717, 1.165) is 11.1 Å². The average molecular weight is 309 g/mol. The molecule has 8 heteroatoms. The molecular formula is C13H13ClN4O3. The van der Waals surface area contributed by atoms with Crippen LogP contribution in [0.1, 0.15) is 11.1 Å². The van der Waals surface area contributed by atoms with Crippen LogP contribution in [0.25, 0.3) is 0 Å². The smallest absolute Gasteiger partial charge is 0.348 e. The molecule has 0 saturated heterocycles. The van der Waals surface area contributed by atoms with Gasteiger partial charge in [-0.2, -0.15) is 0 Å². The maximum atomic E-state index is 11.0. The van der Waals surface area contributed by atoms with Crippen LogP contribution in [0.5, 0.6) is 0 Å². The highest BCUT2D eigenvalue weighted by Crippen LogP contribution is 2.28. The van der Waals surface area contributed by atoms with Gasteiger partial charge in [0.15, 0.2) is 0 Å². The van der Waals surface area contributed by atoms with Crippen LogP contribution in [0.15, 0.2) is 30.6 Å². The topological polar surface area (TPSA) is 90.2 Å². The molecule has 110 valence electrons. The van der Waals surface area contributed by atoms with E-state index in [1.54, 1.807) is 7.11 Å². The minimum atomic E-state index is -0.605. The van der Waals surface area contributed by atoms with E-state index < -0.39 is 4.92 Å². The Balaban J connectivity index is 2.21. The molecule has 0 aliphatic carbocycles. The third kappa shape index (κ3) is 3.65. The number of rotatable bonds is 6. The quantitative estimate of drug-likeness (QED) is 0.501. The summed E-state index contributed by atoms with van der Waals surface area (Å²) in [6.07, 6.45) is 1.18. The number of methoxy groups -OCH3 is 1. The van der Waals surface area contributed by atoms with Crippen molar-refractivity contribution in [1.29, 1.82) is 0 Å². The summed E-state index contributed by atoms with van der Waals surface area (Å²) in [6, 6.07) is 7.64. The second kappa shape index (κ2) is 6.96. The molecule has 7 nitrogen and oxygen atoms in total. The van der Waals surface area contributed by atoms with Crippen LogP contribution >= 0.6 is 11.6 Å². The number of benzene rings is 1. The van der Waals surface area contributed by atoms with E-state index in [0.29, 0.717) is 13.2 Å². The van der Waals surface area contributed by atoms with Gasteiger partial charge >= 0.3 is 5.69 Å². The maximum Gasteiger partial charge on any atom is 0.348 e. The van der Waals surface area contributed by atoms with Gasteiger partial charge in [-0.25, -0.2) is 9.97 Å². The molecule has 1 aromatic heterocycles. The Morgan fingerprint density at radius 1 is 1.33 bits per heavy atom. The molecule has 0 radical (unpaired) electrons. The van der Waals surface area contributed by atoms with Gasteiger partial charge in [-0.05, 0) is 11.1 Å². The zero-order valence-electron chi connectivity index (χ0n) is 11.2. The van der Waals surface area contributed by atoms with E-state index in [1.165, 1.54) is 6.33 Å². The lowest BCUT2D eigenvalue weighted by Crippen LogP contribution is -2.07. The standard InChI is InChI=1S/C13H13ClN4O3/c1-21-7-10-5-3-2-4-9(10)6-15-13-11(18(19)20)12(14)16-8-17-13/h2-5,8H,6-7H2,1H3,(H,15,16,17). The predicted octanol–water partition coefficient (Wildman–Crippen LogP) is 2.80. The fraction of sp³-hybridized carbons (Fsp3) is 0.231. The van der Waals surface area contributed by atoms with Crippen LogP contribution in [0.4, 0.5) is 11.5 Å². The summed E-state index contributed by atoms with van der Waals surface area (Å²) in [5.74, 6) is 0.0900. The maximum absolute atomic E-state index is 11.0. The summed E-state index contributed by atoms with van der Waals surface area (Å²) in [4.78, 5) is 17.9. The predicted molar refractivity (Wildman–Crippen MR) is 78.2 cm³/mol. The Morgan fingerprint density at radius 3 is 2.71 bits per heavy atom. The summed E-state index contributed by atoms with van der Waals surface area (Å²) in [5.41, 5.74) is 1.63. The molecule has 1 aromatic carbocycles. The fourth-order valence-electron chi connectivity index (χ4n) is 1.85. The van der Waals surface area contributed by atoms with Gasteiger partial charge < -0.3 is 10.1 Å². The van der Waals surface area contributed by atoms with E-state index >= 15 is 0 Å². The number of hydrogen-bond donors (Lipinski definition) is 1. The third-order valence-electron chi connectivity index (χ3n) is 2.82. The second-order valence-electron chi connectivity index (χ2n) is 4.17. The molecular weight excluding hydrogens is 296 g/mol. The van der Waals surface area contributed by atoms with Gasteiger partial charge in [-0.15, -0.1) is 0 Å². The Morgan fingerprint density at radius 2 is 2.05 bits per heavy atom. The number of nitrogens with zero attached hydrogens (tertiary/aromatic N) is 3. The minimum Gasteiger partial charge on any atom is -0.380 e. The summed E-state index contributed by atoms with van der Waals surface area (Å²) in [5, 5.41) is 13.7. The summed E-state index contributed by atoms with van der Waals surface area (Å²) in [7, 11) is 1.61. The van der Waals surface area contributed by atoms with Crippen LogP contribution in [0, 0.1) is 10.1 Å². The molecule has 2 aromatic rings. The van der Waals surface area contributed by atoms with Gasteiger partial charge in [0.05, 0.1) is 11.5 Å². The Kier molecular flexibility index (Phi) is 5.02. The average Bonchev–Trinajstić information content (AvgIpc) is 2.46. The van der Waals surface area contributed by atoms with Crippen LogP contribution in [-0.4, -0.2) is 22.0 Å². The number of aromatic nitrogens is 2. The molecule has 1 heterocycles. The Labute approximate surface area is 126 Å². The highest BCUT2D eigenvalue weighted by Gasteiger charge is 2.21. The van der Waals surface area contributed by atoms with Crippen molar-refractivity contribution in [2.24, 2.45) is 0 Å². The molecule has 0 atom stereocenters. The minimum absolute atomic E-state index is 0.0900. The van der Waals surface area contributed by atoms with Crippen molar-refractivity contribution in [2.75, 3.05) is 12.4 Å².